The van der Waals surface area contributed by atoms with Gasteiger partial charge in [0.05, 0.1) is 17.1 Å². The molecule has 0 aliphatic rings. The van der Waals surface area contributed by atoms with Crippen LogP contribution in [0.4, 0.5) is 17.2 Å². The Hall–Kier alpha value is -2.18. The number of rotatable bonds is 4. The molecule has 2 N–H and O–H groups in total. The summed E-state index contributed by atoms with van der Waals surface area (Å²) >= 11 is 0. The van der Waals surface area contributed by atoms with Crippen molar-refractivity contribution in [3.05, 3.63) is 17.1 Å². The molecule has 2 aromatic heterocycles. The molecule has 2 aromatic rings. The second-order valence-electron chi connectivity index (χ2n) is 4.90. The topological polar surface area (TPSA) is 86.4 Å². The van der Waals surface area contributed by atoms with Crippen LogP contribution in [0.1, 0.15) is 30.4 Å². The lowest BCUT2D eigenvalue weighted by Gasteiger charge is -1.96. The summed E-state index contributed by atoms with van der Waals surface area (Å²) in [7, 11) is 3.70. The van der Waals surface area contributed by atoms with Gasteiger partial charge >= 0.3 is 0 Å². The second-order valence-corrected chi connectivity index (χ2v) is 4.90. The minimum Gasteiger partial charge on any atom is -0.382 e. The van der Waals surface area contributed by atoms with Crippen LogP contribution in [-0.2, 0) is 20.5 Å². The molecule has 0 saturated heterocycles. The summed E-state index contributed by atoms with van der Waals surface area (Å²) in [6.45, 7) is 5.98. The maximum Gasteiger partial charge on any atom is 0.151 e. The summed E-state index contributed by atoms with van der Waals surface area (Å²) in [5.74, 6) is 0.538. The minimum absolute atomic E-state index is 0.538. The van der Waals surface area contributed by atoms with Gasteiger partial charge in [0, 0.05) is 14.1 Å². The predicted octanol–water partition coefficient (Wildman–Crippen LogP) is 2.72. The average molecular weight is 275 g/mol. The van der Waals surface area contributed by atoms with Crippen LogP contribution in [0.2, 0.25) is 0 Å². The molecule has 2 heterocycles. The van der Waals surface area contributed by atoms with Gasteiger partial charge in [0.1, 0.15) is 11.5 Å². The van der Waals surface area contributed by atoms with Crippen LogP contribution in [0.5, 0.6) is 0 Å². The Morgan fingerprint density at radius 1 is 1.05 bits per heavy atom. The fraction of sp³-hybridized carbons (Fsp3) is 0.538. The quantitative estimate of drug-likeness (QED) is 0.870. The van der Waals surface area contributed by atoms with Gasteiger partial charge in [-0.1, -0.05) is 13.3 Å². The van der Waals surface area contributed by atoms with Crippen molar-refractivity contribution in [2.24, 2.45) is 24.3 Å². The summed E-state index contributed by atoms with van der Waals surface area (Å²) < 4.78 is 3.44. The van der Waals surface area contributed by atoms with Crippen LogP contribution >= 0.6 is 0 Å². The molecule has 0 bridgehead atoms. The summed E-state index contributed by atoms with van der Waals surface area (Å²) in [5.41, 5.74) is 10.2. The number of azo groups is 1. The van der Waals surface area contributed by atoms with Crippen LogP contribution < -0.4 is 5.73 Å². The SMILES string of the molecule is CCCc1nn(C)c(N)c1N=Nc1c(C)nn(C)c1C. The van der Waals surface area contributed by atoms with Crippen LogP contribution in [0, 0.1) is 13.8 Å². The van der Waals surface area contributed by atoms with E-state index >= 15 is 0 Å². The van der Waals surface area contributed by atoms with E-state index in [-0.39, 0.29) is 0 Å². The van der Waals surface area contributed by atoms with Crippen LogP contribution in [0.3, 0.4) is 0 Å². The Labute approximate surface area is 118 Å². The van der Waals surface area contributed by atoms with Gasteiger partial charge in [0.25, 0.3) is 0 Å². The molecule has 0 atom stereocenters. The Morgan fingerprint density at radius 2 is 1.70 bits per heavy atom. The van der Waals surface area contributed by atoms with Gasteiger partial charge in [-0.2, -0.15) is 10.2 Å². The van der Waals surface area contributed by atoms with Crippen LogP contribution in [-0.4, -0.2) is 19.6 Å². The van der Waals surface area contributed by atoms with E-state index in [0.717, 1.165) is 35.6 Å². The highest BCUT2D eigenvalue weighted by Gasteiger charge is 2.14. The molecule has 20 heavy (non-hydrogen) atoms. The van der Waals surface area contributed by atoms with Crippen LogP contribution in [0.15, 0.2) is 10.2 Å². The zero-order valence-electron chi connectivity index (χ0n) is 12.7. The largest absolute Gasteiger partial charge is 0.382 e. The third-order valence-corrected chi connectivity index (χ3v) is 3.34. The molecule has 0 saturated carbocycles. The second kappa shape index (κ2) is 5.44. The Kier molecular flexibility index (Phi) is 3.87. The first-order chi connectivity index (χ1) is 9.45. The van der Waals surface area contributed by atoms with Crippen molar-refractivity contribution < 1.29 is 0 Å². The highest BCUT2D eigenvalue weighted by atomic mass is 15.3. The molecule has 0 aliphatic heterocycles. The zero-order chi connectivity index (χ0) is 14.9. The van der Waals surface area contributed by atoms with Gasteiger partial charge in [0.2, 0.25) is 0 Å². The predicted molar refractivity (Wildman–Crippen MR) is 78.5 cm³/mol. The maximum atomic E-state index is 6.01. The van der Waals surface area contributed by atoms with Crippen molar-refractivity contribution in [2.75, 3.05) is 5.73 Å². The lowest BCUT2D eigenvalue weighted by Crippen LogP contribution is -1.97. The van der Waals surface area contributed by atoms with E-state index in [4.69, 9.17) is 5.73 Å². The zero-order valence-corrected chi connectivity index (χ0v) is 12.7. The van der Waals surface area contributed by atoms with Gasteiger partial charge in [-0.3, -0.25) is 9.36 Å². The van der Waals surface area contributed by atoms with Gasteiger partial charge in [-0.15, -0.1) is 10.2 Å². The summed E-state index contributed by atoms with van der Waals surface area (Å²) in [4.78, 5) is 0. The van der Waals surface area contributed by atoms with Gasteiger partial charge < -0.3 is 5.73 Å². The summed E-state index contributed by atoms with van der Waals surface area (Å²) in [6, 6.07) is 0. The molecule has 108 valence electrons. The lowest BCUT2D eigenvalue weighted by molar-refractivity contribution is 0.731. The molecule has 7 nitrogen and oxygen atoms in total. The number of hydrogen-bond donors (Lipinski definition) is 1. The van der Waals surface area contributed by atoms with Crippen molar-refractivity contribution in [1.29, 1.82) is 0 Å². The molecular weight excluding hydrogens is 254 g/mol. The van der Waals surface area contributed by atoms with Gasteiger partial charge in [-0.05, 0) is 20.3 Å². The number of aromatic nitrogens is 4. The number of nitrogens with zero attached hydrogens (tertiary/aromatic N) is 6. The molecule has 0 fully saturated rings. The first kappa shape index (κ1) is 14.2. The van der Waals surface area contributed by atoms with Crippen molar-refractivity contribution in [2.45, 2.75) is 33.6 Å². The molecule has 0 radical (unpaired) electrons. The van der Waals surface area contributed by atoms with Crippen molar-refractivity contribution >= 4 is 17.2 Å². The van der Waals surface area contributed by atoms with E-state index in [1.807, 2.05) is 27.9 Å². The summed E-state index contributed by atoms with van der Waals surface area (Å²) in [6.07, 6.45) is 1.83. The summed E-state index contributed by atoms with van der Waals surface area (Å²) in [5, 5.41) is 17.3. The maximum absolute atomic E-state index is 6.01. The molecule has 0 spiro atoms. The van der Waals surface area contributed by atoms with E-state index in [0.29, 0.717) is 11.5 Å². The molecular formula is C13H21N7. The number of nitrogen functional groups attached to an aromatic ring is 1. The molecule has 0 amide bonds. The fourth-order valence-electron chi connectivity index (χ4n) is 2.10. The van der Waals surface area contributed by atoms with Crippen molar-refractivity contribution in [3.8, 4) is 0 Å². The first-order valence-corrected chi connectivity index (χ1v) is 6.69. The number of anilines is 1. The van der Waals surface area contributed by atoms with Crippen molar-refractivity contribution in [3.63, 3.8) is 0 Å². The molecule has 0 unspecified atom stereocenters. The molecule has 7 heteroatoms. The standard InChI is InChI=1S/C13H21N7/c1-6-7-10-12(13(14)20(5)18-10)16-15-11-8(2)17-19(4)9(11)3/h6-7,14H2,1-5H3. The third-order valence-electron chi connectivity index (χ3n) is 3.34. The minimum atomic E-state index is 0.538. The first-order valence-electron chi connectivity index (χ1n) is 6.69. The third kappa shape index (κ3) is 2.43. The normalized spacial score (nSPS) is 11.7. The van der Waals surface area contributed by atoms with E-state index < -0.39 is 0 Å². The molecule has 0 aliphatic carbocycles. The smallest absolute Gasteiger partial charge is 0.151 e. The Morgan fingerprint density at radius 3 is 2.25 bits per heavy atom. The molecule has 0 aromatic carbocycles. The lowest BCUT2D eigenvalue weighted by atomic mass is 10.2. The highest BCUT2D eigenvalue weighted by molar-refractivity contribution is 5.61. The number of hydrogen-bond acceptors (Lipinski definition) is 5. The highest BCUT2D eigenvalue weighted by Crippen LogP contribution is 2.31. The van der Waals surface area contributed by atoms with E-state index in [1.54, 1.807) is 9.36 Å². The number of aryl methyl sites for hydroxylation is 4. The molecule has 2 rings (SSSR count). The Balaban J connectivity index is 2.41. The fourth-order valence-corrected chi connectivity index (χ4v) is 2.10. The van der Waals surface area contributed by atoms with E-state index in [2.05, 4.69) is 27.3 Å². The van der Waals surface area contributed by atoms with Crippen molar-refractivity contribution in [1.82, 2.24) is 19.6 Å². The van der Waals surface area contributed by atoms with Gasteiger partial charge in [0.15, 0.2) is 5.69 Å². The average Bonchev–Trinajstić information content (AvgIpc) is 2.79. The van der Waals surface area contributed by atoms with E-state index in [9.17, 15) is 0 Å². The van der Waals surface area contributed by atoms with Gasteiger partial charge in [-0.25, -0.2) is 0 Å². The van der Waals surface area contributed by atoms with Crippen LogP contribution in [0.25, 0.3) is 0 Å². The monoisotopic (exact) mass is 275 g/mol. The Bertz CT molecular complexity index is 648. The van der Waals surface area contributed by atoms with E-state index in [1.165, 1.54) is 0 Å². The number of nitrogens with two attached hydrogens (primary N) is 1.